The number of hydrogen-bond donors (Lipinski definition) is 1. The number of carbonyl (C=O) groups excluding carboxylic acids is 1. The number of benzene rings is 1. The lowest BCUT2D eigenvalue weighted by Gasteiger charge is -2.22. The maximum absolute atomic E-state index is 13.3. The summed E-state index contributed by atoms with van der Waals surface area (Å²) in [4.78, 5) is 12.3. The van der Waals surface area contributed by atoms with Gasteiger partial charge in [0.15, 0.2) is 0 Å². The minimum atomic E-state index is -0.732. The standard InChI is InChI=1S/C15H15FN2O2/c1-8-11(9(2)20-18-8)7-15(3)12-5-4-10(16)6-13(12)17-14(15)19/h4-6H,7H2,1-3H3,(H,17,19). The second kappa shape index (κ2) is 4.16. The van der Waals surface area contributed by atoms with Gasteiger partial charge in [-0.1, -0.05) is 11.2 Å². The first-order valence-electron chi connectivity index (χ1n) is 6.45. The summed E-state index contributed by atoms with van der Waals surface area (Å²) >= 11 is 0. The van der Waals surface area contributed by atoms with E-state index in [1.807, 2.05) is 20.8 Å². The Balaban J connectivity index is 2.07. The van der Waals surface area contributed by atoms with E-state index in [0.29, 0.717) is 17.9 Å². The van der Waals surface area contributed by atoms with Gasteiger partial charge in [-0.3, -0.25) is 4.79 Å². The summed E-state index contributed by atoms with van der Waals surface area (Å²) in [5.74, 6) is 0.232. The number of amides is 1. The molecule has 1 aromatic heterocycles. The van der Waals surface area contributed by atoms with E-state index in [4.69, 9.17) is 4.52 Å². The lowest BCUT2D eigenvalue weighted by atomic mass is 9.78. The van der Waals surface area contributed by atoms with Gasteiger partial charge in [-0.15, -0.1) is 0 Å². The third-order valence-corrected chi connectivity index (χ3v) is 4.04. The van der Waals surface area contributed by atoms with Crippen LogP contribution >= 0.6 is 0 Å². The lowest BCUT2D eigenvalue weighted by molar-refractivity contribution is -0.120. The van der Waals surface area contributed by atoms with Crippen LogP contribution in [0, 0.1) is 19.7 Å². The second-order valence-corrected chi connectivity index (χ2v) is 5.46. The average molecular weight is 274 g/mol. The summed E-state index contributed by atoms with van der Waals surface area (Å²) in [6.45, 7) is 5.54. The van der Waals surface area contributed by atoms with Gasteiger partial charge in [0.25, 0.3) is 0 Å². The molecule has 4 nitrogen and oxygen atoms in total. The van der Waals surface area contributed by atoms with Crippen molar-refractivity contribution in [1.82, 2.24) is 5.16 Å². The average Bonchev–Trinajstić information content (AvgIpc) is 2.82. The molecule has 0 aliphatic carbocycles. The van der Waals surface area contributed by atoms with Gasteiger partial charge in [0.05, 0.1) is 11.1 Å². The fraction of sp³-hybridized carbons (Fsp3) is 0.333. The van der Waals surface area contributed by atoms with Crippen molar-refractivity contribution in [3.8, 4) is 0 Å². The van der Waals surface area contributed by atoms with E-state index in [1.54, 1.807) is 6.07 Å². The van der Waals surface area contributed by atoms with Crippen molar-refractivity contribution in [2.45, 2.75) is 32.6 Å². The number of halogens is 1. The van der Waals surface area contributed by atoms with Crippen molar-refractivity contribution < 1.29 is 13.7 Å². The van der Waals surface area contributed by atoms with E-state index in [-0.39, 0.29) is 11.7 Å². The molecular weight excluding hydrogens is 259 g/mol. The first-order valence-corrected chi connectivity index (χ1v) is 6.45. The Bertz CT molecular complexity index is 688. The van der Waals surface area contributed by atoms with Crippen molar-refractivity contribution in [2.75, 3.05) is 5.32 Å². The van der Waals surface area contributed by atoms with Crippen LogP contribution in [0.5, 0.6) is 0 Å². The Labute approximate surface area is 116 Å². The van der Waals surface area contributed by atoms with E-state index >= 15 is 0 Å². The Morgan fingerprint density at radius 1 is 1.40 bits per heavy atom. The number of nitrogens with one attached hydrogen (secondary N) is 1. The molecule has 0 saturated heterocycles. The highest BCUT2D eigenvalue weighted by atomic mass is 19.1. The first kappa shape index (κ1) is 12.8. The fourth-order valence-corrected chi connectivity index (χ4v) is 2.77. The van der Waals surface area contributed by atoms with Gasteiger partial charge in [-0.05, 0) is 44.9 Å². The van der Waals surface area contributed by atoms with Crippen molar-refractivity contribution >= 4 is 11.6 Å². The number of aryl methyl sites for hydroxylation is 2. The van der Waals surface area contributed by atoms with Crippen LogP contribution in [-0.4, -0.2) is 11.1 Å². The van der Waals surface area contributed by atoms with Gasteiger partial charge in [0, 0.05) is 11.3 Å². The predicted octanol–water partition coefficient (Wildman–Crippen LogP) is 2.88. The normalized spacial score (nSPS) is 20.9. The molecular formula is C15H15FN2O2. The molecule has 5 heteroatoms. The van der Waals surface area contributed by atoms with Crippen molar-refractivity contribution in [1.29, 1.82) is 0 Å². The second-order valence-electron chi connectivity index (χ2n) is 5.46. The summed E-state index contributed by atoms with van der Waals surface area (Å²) < 4.78 is 18.4. The zero-order valence-electron chi connectivity index (χ0n) is 11.6. The van der Waals surface area contributed by atoms with Gasteiger partial charge < -0.3 is 9.84 Å². The molecule has 104 valence electrons. The van der Waals surface area contributed by atoms with Gasteiger partial charge in [0.2, 0.25) is 5.91 Å². The molecule has 1 aromatic carbocycles. The summed E-state index contributed by atoms with van der Waals surface area (Å²) in [6, 6.07) is 4.40. The topological polar surface area (TPSA) is 55.1 Å². The predicted molar refractivity (Wildman–Crippen MR) is 72.1 cm³/mol. The number of rotatable bonds is 2. The number of aromatic nitrogens is 1. The molecule has 1 unspecified atom stereocenters. The molecule has 20 heavy (non-hydrogen) atoms. The number of carbonyl (C=O) groups is 1. The van der Waals surface area contributed by atoms with Gasteiger partial charge in [0.1, 0.15) is 11.6 Å². The van der Waals surface area contributed by atoms with Crippen LogP contribution in [0.4, 0.5) is 10.1 Å². The smallest absolute Gasteiger partial charge is 0.235 e. The minimum absolute atomic E-state index is 0.127. The number of nitrogens with zero attached hydrogens (tertiary/aromatic N) is 1. The Morgan fingerprint density at radius 3 is 2.80 bits per heavy atom. The van der Waals surface area contributed by atoms with Crippen molar-refractivity contribution in [3.05, 3.63) is 46.6 Å². The third-order valence-electron chi connectivity index (χ3n) is 4.04. The number of fused-ring (bicyclic) bond motifs is 1. The maximum Gasteiger partial charge on any atom is 0.235 e. The quantitative estimate of drug-likeness (QED) is 0.916. The van der Waals surface area contributed by atoms with Crippen LogP contribution in [0.3, 0.4) is 0 Å². The van der Waals surface area contributed by atoms with Gasteiger partial charge in [-0.2, -0.15) is 0 Å². The first-order chi connectivity index (χ1) is 9.41. The zero-order valence-corrected chi connectivity index (χ0v) is 11.6. The summed E-state index contributed by atoms with van der Waals surface area (Å²) in [6.07, 6.45) is 0.485. The van der Waals surface area contributed by atoms with E-state index < -0.39 is 5.41 Å². The van der Waals surface area contributed by atoms with Crippen LogP contribution in [0.1, 0.15) is 29.5 Å². The Kier molecular flexibility index (Phi) is 2.67. The van der Waals surface area contributed by atoms with Gasteiger partial charge in [-0.25, -0.2) is 4.39 Å². The van der Waals surface area contributed by atoms with Crippen LogP contribution in [0.25, 0.3) is 0 Å². The molecule has 1 N–H and O–H groups in total. The molecule has 2 aromatic rings. The fourth-order valence-electron chi connectivity index (χ4n) is 2.77. The van der Waals surface area contributed by atoms with E-state index in [2.05, 4.69) is 10.5 Å². The molecule has 1 aliphatic rings. The van der Waals surface area contributed by atoms with Crippen LogP contribution < -0.4 is 5.32 Å². The van der Waals surface area contributed by atoms with Crippen molar-refractivity contribution in [3.63, 3.8) is 0 Å². The van der Waals surface area contributed by atoms with E-state index in [9.17, 15) is 9.18 Å². The monoisotopic (exact) mass is 274 g/mol. The molecule has 3 rings (SSSR count). The summed E-state index contributed by atoms with van der Waals surface area (Å²) in [5, 5.41) is 6.67. The van der Waals surface area contributed by atoms with Crippen LogP contribution in [-0.2, 0) is 16.6 Å². The molecule has 0 fully saturated rings. The number of hydrogen-bond acceptors (Lipinski definition) is 3. The minimum Gasteiger partial charge on any atom is -0.361 e. The lowest BCUT2D eigenvalue weighted by Crippen LogP contribution is -2.33. The largest absolute Gasteiger partial charge is 0.361 e. The van der Waals surface area contributed by atoms with Crippen LogP contribution in [0.2, 0.25) is 0 Å². The zero-order chi connectivity index (χ0) is 14.5. The molecule has 2 heterocycles. The Hall–Kier alpha value is -2.17. The molecule has 0 radical (unpaired) electrons. The third kappa shape index (κ3) is 1.73. The molecule has 1 aliphatic heterocycles. The molecule has 0 bridgehead atoms. The maximum atomic E-state index is 13.3. The van der Waals surface area contributed by atoms with Gasteiger partial charge >= 0.3 is 0 Å². The molecule has 1 amide bonds. The van der Waals surface area contributed by atoms with Crippen LogP contribution in [0.15, 0.2) is 22.7 Å². The molecule has 0 spiro atoms. The highest BCUT2D eigenvalue weighted by Gasteiger charge is 2.43. The molecule has 0 saturated carbocycles. The summed E-state index contributed by atoms with van der Waals surface area (Å²) in [5.41, 5.74) is 2.34. The van der Waals surface area contributed by atoms with E-state index in [0.717, 1.165) is 16.8 Å². The summed E-state index contributed by atoms with van der Waals surface area (Å²) in [7, 11) is 0. The highest BCUT2D eigenvalue weighted by Crippen LogP contribution is 2.41. The molecule has 1 atom stereocenters. The number of anilines is 1. The van der Waals surface area contributed by atoms with Crippen molar-refractivity contribution in [2.24, 2.45) is 0 Å². The van der Waals surface area contributed by atoms with E-state index in [1.165, 1.54) is 12.1 Å². The Morgan fingerprint density at radius 2 is 2.15 bits per heavy atom. The SMILES string of the molecule is Cc1noc(C)c1CC1(C)C(=O)Nc2cc(F)ccc21. The highest BCUT2D eigenvalue weighted by molar-refractivity contribution is 6.06.